The van der Waals surface area contributed by atoms with Gasteiger partial charge in [0, 0.05) is 11.1 Å². The number of nitriles is 1. The normalized spacial score (nSPS) is 14.5. The number of nitrogens with two attached hydrogens (primary N) is 1. The van der Waals surface area contributed by atoms with Crippen molar-refractivity contribution in [2.45, 2.75) is 25.2 Å². The Labute approximate surface area is 120 Å². The first kappa shape index (κ1) is 13.3. The van der Waals surface area contributed by atoms with Crippen LogP contribution in [0.3, 0.4) is 0 Å². The maximum Gasteiger partial charge on any atom is 0.174 e. The minimum atomic E-state index is -0.782. The van der Waals surface area contributed by atoms with E-state index in [0.29, 0.717) is 5.56 Å². The number of aromatic hydroxyl groups is 1. The van der Waals surface area contributed by atoms with Gasteiger partial charge in [-0.1, -0.05) is 12.5 Å². The number of hydrogen-bond donors (Lipinski definition) is 2. The summed E-state index contributed by atoms with van der Waals surface area (Å²) in [6.45, 7) is 0. The smallest absolute Gasteiger partial charge is 0.174 e. The third-order valence-corrected chi connectivity index (χ3v) is 3.84. The molecule has 0 spiro atoms. The van der Waals surface area contributed by atoms with Gasteiger partial charge in [-0.05, 0) is 24.8 Å². The van der Waals surface area contributed by atoms with Crippen molar-refractivity contribution in [1.29, 1.82) is 5.26 Å². The van der Waals surface area contributed by atoms with E-state index in [4.69, 9.17) is 11.0 Å². The van der Waals surface area contributed by atoms with Crippen molar-refractivity contribution in [1.82, 2.24) is 9.97 Å². The molecule has 1 aliphatic rings. The SMILES string of the molecule is N#Cc1ncc(N)nc1-c1ccc(C2CCC2)c(O)c1F. The molecule has 0 atom stereocenters. The fourth-order valence-electron chi connectivity index (χ4n) is 2.48. The molecule has 1 saturated carbocycles. The number of phenols is 1. The second kappa shape index (κ2) is 5.02. The Morgan fingerprint density at radius 2 is 2.14 bits per heavy atom. The van der Waals surface area contributed by atoms with Gasteiger partial charge in [-0.3, -0.25) is 0 Å². The molecule has 1 fully saturated rings. The second-order valence-corrected chi connectivity index (χ2v) is 5.10. The van der Waals surface area contributed by atoms with Crippen molar-refractivity contribution < 1.29 is 9.50 Å². The Balaban J connectivity index is 2.14. The van der Waals surface area contributed by atoms with Crippen LogP contribution >= 0.6 is 0 Å². The Morgan fingerprint density at radius 3 is 2.76 bits per heavy atom. The molecule has 1 aromatic heterocycles. The molecule has 6 heteroatoms. The van der Waals surface area contributed by atoms with Crippen LogP contribution in [0, 0.1) is 17.1 Å². The number of phenolic OH excluding ortho intramolecular Hbond substituents is 1. The number of nitrogens with zero attached hydrogens (tertiary/aromatic N) is 3. The fourth-order valence-corrected chi connectivity index (χ4v) is 2.48. The van der Waals surface area contributed by atoms with Crippen molar-refractivity contribution in [2.24, 2.45) is 0 Å². The Morgan fingerprint density at radius 1 is 1.38 bits per heavy atom. The van der Waals surface area contributed by atoms with Gasteiger partial charge in [0.25, 0.3) is 0 Å². The first-order valence-corrected chi connectivity index (χ1v) is 6.66. The Bertz CT molecular complexity index is 750. The zero-order valence-electron chi connectivity index (χ0n) is 11.2. The first-order chi connectivity index (χ1) is 10.1. The molecule has 3 rings (SSSR count). The van der Waals surface area contributed by atoms with Crippen LogP contribution in [0.5, 0.6) is 5.75 Å². The molecule has 3 N–H and O–H groups in total. The zero-order valence-corrected chi connectivity index (χ0v) is 11.2. The molecule has 0 radical (unpaired) electrons. The number of nitrogen functional groups attached to an aromatic ring is 1. The van der Waals surface area contributed by atoms with E-state index in [1.165, 1.54) is 12.3 Å². The van der Waals surface area contributed by atoms with Gasteiger partial charge < -0.3 is 10.8 Å². The number of benzene rings is 1. The molecule has 1 aromatic carbocycles. The molecule has 106 valence electrons. The third kappa shape index (κ3) is 2.17. The molecule has 0 saturated heterocycles. The van der Waals surface area contributed by atoms with Crippen molar-refractivity contribution in [3.05, 3.63) is 35.4 Å². The highest BCUT2D eigenvalue weighted by molar-refractivity contribution is 5.69. The topological polar surface area (TPSA) is 95.8 Å². The Hall–Kier alpha value is -2.68. The molecule has 1 heterocycles. The lowest BCUT2D eigenvalue weighted by Crippen LogP contribution is -2.10. The predicted octanol–water partition coefficient (Wildman–Crippen LogP) is 2.71. The van der Waals surface area contributed by atoms with Crippen LogP contribution in [0.1, 0.15) is 36.4 Å². The van der Waals surface area contributed by atoms with E-state index in [9.17, 15) is 9.50 Å². The van der Waals surface area contributed by atoms with Gasteiger partial charge in [0.1, 0.15) is 17.6 Å². The van der Waals surface area contributed by atoms with E-state index < -0.39 is 5.82 Å². The van der Waals surface area contributed by atoms with Gasteiger partial charge in [0.05, 0.1) is 6.20 Å². The zero-order chi connectivity index (χ0) is 15.0. The lowest BCUT2D eigenvalue weighted by atomic mass is 9.79. The van der Waals surface area contributed by atoms with E-state index >= 15 is 0 Å². The minimum Gasteiger partial charge on any atom is -0.505 e. The van der Waals surface area contributed by atoms with Crippen molar-refractivity contribution >= 4 is 5.82 Å². The summed E-state index contributed by atoms with van der Waals surface area (Å²) < 4.78 is 14.4. The highest BCUT2D eigenvalue weighted by Crippen LogP contribution is 2.43. The minimum absolute atomic E-state index is 0.0288. The molecule has 0 bridgehead atoms. The molecule has 0 aliphatic heterocycles. The maximum atomic E-state index is 14.4. The summed E-state index contributed by atoms with van der Waals surface area (Å²) in [7, 11) is 0. The van der Waals surface area contributed by atoms with E-state index in [1.54, 1.807) is 6.07 Å². The quantitative estimate of drug-likeness (QED) is 0.883. The van der Waals surface area contributed by atoms with E-state index in [-0.39, 0.29) is 34.4 Å². The van der Waals surface area contributed by atoms with Crippen LogP contribution in [0.4, 0.5) is 10.2 Å². The second-order valence-electron chi connectivity index (χ2n) is 5.10. The molecule has 21 heavy (non-hydrogen) atoms. The summed E-state index contributed by atoms with van der Waals surface area (Å²) in [5.41, 5.74) is 6.21. The van der Waals surface area contributed by atoms with Gasteiger partial charge in [-0.25, -0.2) is 14.4 Å². The van der Waals surface area contributed by atoms with Gasteiger partial charge in [0.2, 0.25) is 0 Å². The lowest BCUT2D eigenvalue weighted by molar-refractivity contribution is 0.378. The first-order valence-electron chi connectivity index (χ1n) is 6.66. The monoisotopic (exact) mass is 284 g/mol. The average molecular weight is 284 g/mol. The highest BCUT2D eigenvalue weighted by atomic mass is 19.1. The van der Waals surface area contributed by atoms with Crippen molar-refractivity contribution in [2.75, 3.05) is 5.73 Å². The van der Waals surface area contributed by atoms with Crippen LogP contribution in [-0.4, -0.2) is 15.1 Å². The average Bonchev–Trinajstić information content (AvgIpc) is 2.42. The van der Waals surface area contributed by atoms with E-state index in [0.717, 1.165) is 19.3 Å². The molecule has 2 aromatic rings. The van der Waals surface area contributed by atoms with E-state index in [2.05, 4.69) is 9.97 Å². The summed E-state index contributed by atoms with van der Waals surface area (Å²) in [5, 5.41) is 19.1. The molecule has 5 nitrogen and oxygen atoms in total. The number of rotatable bonds is 2. The van der Waals surface area contributed by atoms with Crippen LogP contribution < -0.4 is 5.73 Å². The summed E-state index contributed by atoms with van der Waals surface area (Å²) >= 11 is 0. The van der Waals surface area contributed by atoms with Gasteiger partial charge in [0.15, 0.2) is 17.3 Å². The molecular weight excluding hydrogens is 271 g/mol. The van der Waals surface area contributed by atoms with Crippen molar-refractivity contribution in [3.63, 3.8) is 0 Å². The number of hydrogen-bond acceptors (Lipinski definition) is 5. The van der Waals surface area contributed by atoms with Crippen LogP contribution in [0.15, 0.2) is 18.3 Å². The predicted molar refractivity (Wildman–Crippen MR) is 74.8 cm³/mol. The fraction of sp³-hybridized carbons (Fsp3) is 0.267. The summed E-state index contributed by atoms with van der Waals surface area (Å²) in [5.74, 6) is -0.858. The van der Waals surface area contributed by atoms with Crippen LogP contribution in [0.2, 0.25) is 0 Å². The third-order valence-electron chi connectivity index (χ3n) is 3.84. The van der Waals surface area contributed by atoms with E-state index in [1.807, 2.05) is 6.07 Å². The standard InChI is InChI=1S/C15H13FN4O/c16-13-10(14-11(6-17)19-7-12(18)20-14)5-4-9(15(13)21)8-2-1-3-8/h4-5,7-8,21H,1-3H2,(H2,18,20). The highest BCUT2D eigenvalue weighted by Gasteiger charge is 2.26. The number of anilines is 1. The molecule has 0 amide bonds. The largest absolute Gasteiger partial charge is 0.505 e. The lowest BCUT2D eigenvalue weighted by Gasteiger charge is -2.26. The summed E-state index contributed by atoms with van der Waals surface area (Å²) in [6, 6.07) is 5.06. The van der Waals surface area contributed by atoms with Crippen molar-refractivity contribution in [3.8, 4) is 23.1 Å². The van der Waals surface area contributed by atoms with Gasteiger partial charge in [-0.2, -0.15) is 5.26 Å². The summed E-state index contributed by atoms with van der Waals surface area (Å²) in [6.07, 6.45) is 4.23. The van der Waals surface area contributed by atoms with Gasteiger partial charge >= 0.3 is 0 Å². The number of halogens is 1. The number of aromatic nitrogens is 2. The maximum absolute atomic E-state index is 14.4. The van der Waals surface area contributed by atoms with Crippen LogP contribution in [0.25, 0.3) is 11.3 Å². The van der Waals surface area contributed by atoms with Crippen LogP contribution in [-0.2, 0) is 0 Å². The molecular formula is C15H13FN4O. The summed E-state index contributed by atoms with van der Waals surface area (Å²) in [4.78, 5) is 7.80. The van der Waals surface area contributed by atoms with Gasteiger partial charge in [-0.15, -0.1) is 0 Å². The molecule has 1 aliphatic carbocycles. The Kier molecular flexibility index (Phi) is 3.18. The molecule has 0 unspecified atom stereocenters.